The average Bonchev–Trinajstić information content (AvgIpc) is 3.58. The zero-order chi connectivity index (χ0) is 21.0. The van der Waals surface area contributed by atoms with Crippen molar-refractivity contribution < 1.29 is 9.53 Å². The van der Waals surface area contributed by atoms with Crippen LogP contribution in [0.5, 0.6) is 5.88 Å². The molecule has 6 rings (SSSR count). The van der Waals surface area contributed by atoms with E-state index in [0.29, 0.717) is 19.0 Å². The molecule has 2 fully saturated rings. The van der Waals surface area contributed by atoms with Crippen molar-refractivity contribution in [1.82, 2.24) is 19.5 Å². The van der Waals surface area contributed by atoms with Gasteiger partial charge in [-0.1, -0.05) is 30.3 Å². The molecular weight excluding hydrogens is 390 g/mol. The number of hydrogen-bond donors (Lipinski definition) is 0. The van der Waals surface area contributed by atoms with Crippen molar-refractivity contribution in [2.45, 2.75) is 19.3 Å². The number of allylic oxidation sites excluding steroid dienone is 1. The van der Waals surface area contributed by atoms with Gasteiger partial charge in [0.15, 0.2) is 5.65 Å². The Labute approximate surface area is 180 Å². The third-order valence-electron chi connectivity index (χ3n) is 7.10. The minimum absolute atomic E-state index is 0.290. The molecule has 158 valence electrons. The molecule has 3 aliphatic rings. The maximum atomic E-state index is 13.6. The summed E-state index contributed by atoms with van der Waals surface area (Å²) in [6, 6.07) is 12.3. The van der Waals surface area contributed by atoms with E-state index in [4.69, 9.17) is 4.74 Å². The topological polar surface area (TPSA) is 63.0 Å². The summed E-state index contributed by atoms with van der Waals surface area (Å²) in [5.74, 6) is 1.79. The number of anilines is 1. The number of methoxy groups -OCH3 is 1. The van der Waals surface area contributed by atoms with Crippen LogP contribution in [-0.2, 0) is 11.2 Å². The molecule has 1 aliphatic carbocycles. The van der Waals surface area contributed by atoms with E-state index in [1.54, 1.807) is 13.3 Å². The Bertz CT molecular complexity index is 1220. The van der Waals surface area contributed by atoms with Crippen LogP contribution in [0.3, 0.4) is 0 Å². The molecule has 1 atom stereocenters. The fourth-order valence-electron chi connectivity index (χ4n) is 5.40. The summed E-state index contributed by atoms with van der Waals surface area (Å²) in [4.78, 5) is 22.3. The maximum absolute atomic E-state index is 13.6. The molecule has 31 heavy (non-hydrogen) atoms. The van der Waals surface area contributed by atoms with Crippen LogP contribution in [0.25, 0.3) is 11.2 Å². The van der Waals surface area contributed by atoms with Crippen LogP contribution in [0.2, 0.25) is 0 Å². The lowest BCUT2D eigenvalue weighted by molar-refractivity contribution is -0.134. The van der Waals surface area contributed by atoms with Gasteiger partial charge in [0.1, 0.15) is 5.82 Å². The summed E-state index contributed by atoms with van der Waals surface area (Å²) in [5.41, 5.74) is 4.39. The van der Waals surface area contributed by atoms with Gasteiger partial charge in [-0.3, -0.25) is 4.79 Å². The first-order chi connectivity index (χ1) is 15.2. The molecule has 1 spiro atoms. The number of aromatic nitrogens is 3. The number of carbonyl (C=O) groups excluding carboxylic acids is 1. The van der Waals surface area contributed by atoms with Gasteiger partial charge in [0.05, 0.1) is 18.7 Å². The van der Waals surface area contributed by atoms with Crippen molar-refractivity contribution in [3.63, 3.8) is 0 Å². The standard InChI is InChI=1S/C24H25N5O2/c1-31-21-14-22(29-20(26-21)8-11-25-29)28-13-10-24(16-28)9-12-27(23(24)30)15-18-7-6-17-4-2-3-5-19(17)18/h2-5,7-8,11,14H,6,9-10,12-13,15-16H2,1H3. The highest BCUT2D eigenvalue weighted by Crippen LogP contribution is 2.43. The van der Waals surface area contributed by atoms with E-state index in [2.05, 4.69) is 50.2 Å². The lowest BCUT2D eigenvalue weighted by Crippen LogP contribution is -2.37. The average molecular weight is 415 g/mol. The number of ether oxygens (including phenoxy) is 1. The van der Waals surface area contributed by atoms with E-state index in [0.717, 1.165) is 43.8 Å². The molecule has 1 unspecified atom stereocenters. The molecular formula is C24H25N5O2. The van der Waals surface area contributed by atoms with Gasteiger partial charge in [0, 0.05) is 38.3 Å². The van der Waals surface area contributed by atoms with Gasteiger partial charge in [-0.15, -0.1) is 0 Å². The Hall–Kier alpha value is -3.35. The van der Waals surface area contributed by atoms with Crippen molar-refractivity contribution in [3.05, 3.63) is 59.8 Å². The fraction of sp³-hybridized carbons (Fsp3) is 0.375. The van der Waals surface area contributed by atoms with Crippen LogP contribution in [0, 0.1) is 5.41 Å². The third kappa shape index (κ3) is 2.83. The van der Waals surface area contributed by atoms with Crippen LogP contribution >= 0.6 is 0 Å². The first-order valence-corrected chi connectivity index (χ1v) is 10.9. The summed E-state index contributed by atoms with van der Waals surface area (Å²) in [7, 11) is 1.62. The summed E-state index contributed by atoms with van der Waals surface area (Å²) in [5, 5.41) is 4.43. The second-order valence-corrected chi connectivity index (χ2v) is 8.78. The minimum atomic E-state index is -0.311. The molecule has 0 radical (unpaired) electrons. The largest absolute Gasteiger partial charge is 0.481 e. The molecule has 1 amide bonds. The maximum Gasteiger partial charge on any atom is 0.231 e. The number of nitrogens with zero attached hydrogens (tertiary/aromatic N) is 5. The molecule has 1 aromatic carbocycles. The van der Waals surface area contributed by atoms with Gasteiger partial charge in [-0.25, -0.2) is 0 Å². The van der Waals surface area contributed by atoms with Crippen LogP contribution in [0.15, 0.2) is 48.7 Å². The van der Waals surface area contributed by atoms with E-state index < -0.39 is 0 Å². The molecule has 2 saturated heterocycles. The highest BCUT2D eigenvalue weighted by Gasteiger charge is 2.51. The SMILES string of the molecule is COc1cc(N2CCC3(CCN(CC4=CCc5ccccc54)C3=O)C2)n2nccc2n1. The number of benzene rings is 1. The predicted molar refractivity (Wildman–Crippen MR) is 118 cm³/mol. The van der Waals surface area contributed by atoms with Crippen molar-refractivity contribution >= 4 is 22.9 Å². The Morgan fingerprint density at radius 1 is 1.16 bits per heavy atom. The number of likely N-dealkylation sites (tertiary alicyclic amines) is 1. The molecule has 7 nitrogen and oxygen atoms in total. The van der Waals surface area contributed by atoms with Crippen molar-refractivity contribution in [2.24, 2.45) is 5.41 Å². The van der Waals surface area contributed by atoms with E-state index >= 15 is 0 Å². The lowest BCUT2D eigenvalue weighted by atomic mass is 9.85. The van der Waals surface area contributed by atoms with Gasteiger partial charge in [-0.2, -0.15) is 14.6 Å². The first kappa shape index (κ1) is 18.4. The van der Waals surface area contributed by atoms with Crippen molar-refractivity contribution in [1.29, 1.82) is 0 Å². The fourth-order valence-corrected chi connectivity index (χ4v) is 5.40. The van der Waals surface area contributed by atoms with Crippen LogP contribution in [-0.4, -0.2) is 58.7 Å². The Balaban J connectivity index is 1.23. The van der Waals surface area contributed by atoms with Gasteiger partial charge >= 0.3 is 0 Å². The minimum Gasteiger partial charge on any atom is -0.481 e. The second kappa shape index (κ2) is 6.83. The molecule has 2 aromatic heterocycles. The summed E-state index contributed by atoms with van der Waals surface area (Å²) < 4.78 is 7.22. The smallest absolute Gasteiger partial charge is 0.231 e. The number of amides is 1. The highest BCUT2D eigenvalue weighted by molar-refractivity contribution is 5.88. The molecule has 0 bridgehead atoms. The van der Waals surface area contributed by atoms with E-state index in [9.17, 15) is 4.79 Å². The quantitative estimate of drug-likeness (QED) is 0.656. The van der Waals surface area contributed by atoms with Crippen LogP contribution in [0.4, 0.5) is 5.82 Å². The number of rotatable bonds is 4. The van der Waals surface area contributed by atoms with E-state index in [1.165, 1.54) is 16.7 Å². The monoisotopic (exact) mass is 415 g/mol. The first-order valence-electron chi connectivity index (χ1n) is 10.9. The molecule has 2 aliphatic heterocycles. The van der Waals surface area contributed by atoms with Gasteiger partial charge in [0.25, 0.3) is 0 Å². The highest BCUT2D eigenvalue weighted by atomic mass is 16.5. The lowest BCUT2D eigenvalue weighted by Gasteiger charge is -2.25. The summed E-state index contributed by atoms with van der Waals surface area (Å²) in [6.45, 7) is 3.07. The molecule has 0 saturated carbocycles. The van der Waals surface area contributed by atoms with Gasteiger partial charge in [0.2, 0.25) is 11.8 Å². The predicted octanol–water partition coefficient (Wildman–Crippen LogP) is 2.81. The Morgan fingerprint density at radius 3 is 2.94 bits per heavy atom. The van der Waals surface area contributed by atoms with Gasteiger partial charge in [-0.05, 0) is 36.0 Å². The molecule has 0 N–H and O–H groups in total. The zero-order valence-corrected chi connectivity index (χ0v) is 17.6. The molecule has 4 heterocycles. The number of hydrogen-bond acceptors (Lipinski definition) is 5. The molecule has 7 heteroatoms. The van der Waals surface area contributed by atoms with E-state index in [1.807, 2.05) is 16.6 Å². The van der Waals surface area contributed by atoms with Crippen LogP contribution < -0.4 is 9.64 Å². The summed E-state index contributed by atoms with van der Waals surface area (Å²) >= 11 is 0. The van der Waals surface area contributed by atoms with Crippen molar-refractivity contribution in [2.75, 3.05) is 38.2 Å². The zero-order valence-electron chi connectivity index (χ0n) is 17.6. The third-order valence-corrected chi connectivity index (χ3v) is 7.10. The Morgan fingerprint density at radius 2 is 2.03 bits per heavy atom. The number of fused-ring (bicyclic) bond motifs is 2. The van der Waals surface area contributed by atoms with Gasteiger partial charge < -0.3 is 14.5 Å². The Kier molecular flexibility index (Phi) is 4.06. The molecule has 3 aromatic rings. The second-order valence-electron chi connectivity index (χ2n) is 8.78. The number of carbonyl (C=O) groups is 1. The van der Waals surface area contributed by atoms with E-state index in [-0.39, 0.29) is 11.3 Å². The van der Waals surface area contributed by atoms with Crippen molar-refractivity contribution in [3.8, 4) is 5.88 Å². The normalized spacial score (nSPS) is 22.6. The van der Waals surface area contributed by atoms with Crippen LogP contribution in [0.1, 0.15) is 24.0 Å². The summed E-state index contributed by atoms with van der Waals surface area (Å²) in [6.07, 6.45) is 6.76.